The number of nitrogens with zero attached hydrogens (tertiary/aromatic N) is 2. The molecule has 0 amide bonds. The molecule has 0 radical (unpaired) electrons. The van der Waals surface area contributed by atoms with E-state index in [-0.39, 0.29) is 12.0 Å². The minimum absolute atomic E-state index is 0.214. The van der Waals surface area contributed by atoms with Crippen LogP contribution in [0, 0.1) is 0 Å². The number of aromatic nitrogens is 2. The van der Waals surface area contributed by atoms with E-state index in [9.17, 15) is 0 Å². The summed E-state index contributed by atoms with van der Waals surface area (Å²) in [5, 5.41) is 3.51. The zero-order chi connectivity index (χ0) is 13.1. The van der Waals surface area contributed by atoms with E-state index in [1.54, 1.807) is 0 Å². The molecule has 0 saturated carbocycles. The summed E-state index contributed by atoms with van der Waals surface area (Å²) in [6.45, 7) is 5.58. The molecule has 2 heterocycles. The predicted octanol–water partition coefficient (Wildman–Crippen LogP) is 2.43. The van der Waals surface area contributed by atoms with Gasteiger partial charge < -0.3 is 15.8 Å². The van der Waals surface area contributed by atoms with E-state index in [1.807, 2.05) is 13.8 Å². The molecular formula is C12H19ClN4O. The molecule has 1 aliphatic heterocycles. The van der Waals surface area contributed by atoms with Crippen LogP contribution in [0.3, 0.4) is 0 Å². The second-order valence-corrected chi connectivity index (χ2v) is 5.16. The van der Waals surface area contributed by atoms with Crippen molar-refractivity contribution in [1.82, 2.24) is 9.97 Å². The fourth-order valence-corrected chi connectivity index (χ4v) is 2.04. The van der Waals surface area contributed by atoms with E-state index >= 15 is 0 Å². The predicted molar refractivity (Wildman–Crippen MR) is 73.0 cm³/mol. The lowest BCUT2D eigenvalue weighted by Gasteiger charge is -2.15. The van der Waals surface area contributed by atoms with Gasteiger partial charge in [0.1, 0.15) is 11.5 Å². The number of halogens is 1. The van der Waals surface area contributed by atoms with Crippen LogP contribution in [-0.2, 0) is 4.74 Å². The maximum atomic E-state index is 6.01. The average molecular weight is 271 g/mol. The largest absolute Gasteiger partial charge is 0.393 e. The maximum absolute atomic E-state index is 6.01. The number of nitrogens with one attached hydrogen (secondary N) is 1. The first-order chi connectivity index (χ1) is 8.58. The summed E-state index contributed by atoms with van der Waals surface area (Å²) < 4.78 is 5.54. The number of ether oxygens (including phenoxy) is 1. The van der Waals surface area contributed by atoms with Crippen LogP contribution in [0.25, 0.3) is 0 Å². The SMILES string of the molecule is CC(C)c1nc(Cl)c(N)c(NCC2CCCO2)n1. The Balaban J connectivity index is 2.10. The van der Waals surface area contributed by atoms with Crippen LogP contribution in [0.4, 0.5) is 11.5 Å². The van der Waals surface area contributed by atoms with Gasteiger partial charge in [0, 0.05) is 19.1 Å². The molecule has 1 fully saturated rings. The topological polar surface area (TPSA) is 73.1 Å². The van der Waals surface area contributed by atoms with Crippen molar-refractivity contribution in [2.45, 2.75) is 38.7 Å². The van der Waals surface area contributed by atoms with Gasteiger partial charge in [0.25, 0.3) is 0 Å². The molecule has 1 aliphatic rings. The molecule has 1 aromatic rings. The molecule has 1 aromatic heterocycles. The van der Waals surface area contributed by atoms with Gasteiger partial charge in [-0.2, -0.15) is 0 Å². The van der Waals surface area contributed by atoms with Crippen LogP contribution in [-0.4, -0.2) is 29.2 Å². The molecule has 0 aliphatic carbocycles. The fourth-order valence-electron chi connectivity index (χ4n) is 1.87. The average Bonchev–Trinajstić information content (AvgIpc) is 2.83. The van der Waals surface area contributed by atoms with Crippen LogP contribution in [0.1, 0.15) is 38.4 Å². The van der Waals surface area contributed by atoms with Crippen molar-refractivity contribution in [1.29, 1.82) is 0 Å². The number of hydrogen-bond acceptors (Lipinski definition) is 5. The van der Waals surface area contributed by atoms with Crippen LogP contribution >= 0.6 is 11.6 Å². The third kappa shape index (κ3) is 3.03. The van der Waals surface area contributed by atoms with Crippen molar-refractivity contribution < 1.29 is 4.74 Å². The van der Waals surface area contributed by atoms with Crippen molar-refractivity contribution in [3.63, 3.8) is 0 Å². The Morgan fingerprint density at radius 3 is 2.89 bits per heavy atom. The molecule has 2 rings (SSSR count). The van der Waals surface area contributed by atoms with Gasteiger partial charge in [0.15, 0.2) is 11.0 Å². The van der Waals surface area contributed by atoms with Crippen LogP contribution in [0.15, 0.2) is 0 Å². The molecule has 0 spiro atoms. The van der Waals surface area contributed by atoms with Crippen LogP contribution < -0.4 is 11.1 Å². The van der Waals surface area contributed by atoms with Crippen molar-refractivity contribution in [2.24, 2.45) is 0 Å². The van der Waals surface area contributed by atoms with Crippen LogP contribution in [0.2, 0.25) is 5.15 Å². The van der Waals surface area contributed by atoms with Crippen molar-refractivity contribution >= 4 is 23.1 Å². The number of anilines is 2. The lowest BCUT2D eigenvalue weighted by atomic mass is 10.2. The first-order valence-corrected chi connectivity index (χ1v) is 6.64. The molecule has 1 unspecified atom stereocenters. The van der Waals surface area contributed by atoms with Gasteiger partial charge in [-0.25, -0.2) is 9.97 Å². The highest BCUT2D eigenvalue weighted by Gasteiger charge is 2.17. The highest BCUT2D eigenvalue weighted by molar-refractivity contribution is 6.32. The van der Waals surface area contributed by atoms with Crippen LogP contribution in [0.5, 0.6) is 0 Å². The van der Waals surface area contributed by atoms with Gasteiger partial charge in [-0.1, -0.05) is 25.4 Å². The van der Waals surface area contributed by atoms with E-state index in [0.717, 1.165) is 19.4 Å². The highest BCUT2D eigenvalue weighted by atomic mass is 35.5. The molecule has 0 bridgehead atoms. The molecule has 0 aromatic carbocycles. The molecule has 100 valence electrons. The fraction of sp³-hybridized carbons (Fsp3) is 0.667. The van der Waals surface area contributed by atoms with E-state index in [4.69, 9.17) is 22.1 Å². The first-order valence-electron chi connectivity index (χ1n) is 6.26. The molecule has 18 heavy (non-hydrogen) atoms. The first kappa shape index (κ1) is 13.4. The number of rotatable bonds is 4. The zero-order valence-electron chi connectivity index (χ0n) is 10.7. The Hall–Kier alpha value is -1.07. The summed E-state index contributed by atoms with van der Waals surface area (Å²) in [6, 6.07) is 0. The molecule has 3 N–H and O–H groups in total. The van der Waals surface area contributed by atoms with Gasteiger partial charge in [0.05, 0.1) is 6.10 Å². The summed E-state index contributed by atoms with van der Waals surface area (Å²) in [6.07, 6.45) is 2.42. The van der Waals surface area contributed by atoms with Gasteiger partial charge >= 0.3 is 0 Å². The second-order valence-electron chi connectivity index (χ2n) is 4.81. The quantitative estimate of drug-likeness (QED) is 0.822. The lowest BCUT2D eigenvalue weighted by Crippen LogP contribution is -2.20. The Bertz CT molecular complexity index is 419. The van der Waals surface area contributed by atoms with Crippen molar-refractivity contribution in [2.75, 3.05) is 24.2 Å². The lowest BCUT2D eigenvalue weighted by molar-refractivity contribution is 0.120. The highest BCUT2D eigenvalue weighted by Crippen LogP contribution is 2.26. The smallest absolute Gasteiger partial charge is 0.157 e. The molecule has 1 saturated heterocycles. The minimum Gasteiger partial charge on any atom is -0.393 e. The Kier molecular flexibility index (Phi) is 4.24. The third-order valence-corrected chi connectivity index (χ3v) is 3.24. The van der Waals surface area contributed by atoms with Gasteiger partial charge in [-0.15, -0.1) is 0 Å². The molecule has 6 heteroatoms. The third-order valence-electron chi connectivity index (χ3n) is 2.95. The summed E-state index contributed by atoms with van der Waals surface area (Å²) in [4.78, 5) is 8.58. The summed E-state index contributed by atoms with van der Waals surface area (Å²) >= 11 is 6.01. The Labute approximate surface area is 112 Å². The number of nitrogens with two attached hydrogens (primary N) is 1. The standard InChI is InChI=1S/C12H19ClN4O/c1-7(2)11-16-10(13)9(14)12(17-11)15-6-8-4-3-5-18-8/h7-8H,3-6,14H2,1-2H3,(H,15,16,17). The van der Waals surface area contributed by atoms with E-state index in [1.165, 1.54) is 0 Å². The normalized spacial score (nSPS) is 19.4. The molecular weight excluding hydrogens is 252 g/mol. The summed E-state index contributed by atoms with van der Waals surface area (Å²) in [7, 11) is 0. The summed E-state index contributed by atoms with van der Waals surface area (Å²) in [5.41, 5.74) is 6.28. The summed E-state index contributed by atoms with van der Waals surface area (Å²) in [5.74, 6) is 1.52. The monoisotopic (exact) mass is 270 g/mol. The second kappa shape index (κ2) is 5.71. The van der Waals surface area contributed by atoms with Gasteiger partial charge in [-0.3, -0.25) is 0 Å². The zero-order valence-corrected chi connectivity index (χ0v) is 11.5. The van der Waals surface area contributed by atoms with Crippen molar-refractivity contribution in [3.8, 4) is 0 Å². The number of nitrogen functional groups attached to an aromatic ring is 1. The Morgan fingerprint density at radius 2 is 2.28 bits per heavy atom. The van der Waals surface area contributed by atoms with E-state index < -0.39 is 0 Å². The number of hydrogen-bond donors (Lipinski definition) is 2. The van der Waals surface area contributed by atoms with Crippen molar-refractivity contribution in [3.05, 3.63) is 11.0 Å². The minimum atomic E-state index is 0.214. The molecule has 5 nitrogen and oxygen atoms in total. The maximum Gasteiger partial charge on any atom is 0.157 e. The molecule has 1 atom stereocenters. The Morgan fingerprint density at radius 1 is 1.50 bits per heavy atom. The van der Waals surface area contributed by atoms with Gasteiger partial charge in [-0.05, 0) is 12.8 Å². The van der Waals surface area contributed by atoms with E-state index in [0.29, 0.717) is 29.0 Å². The van der Waals surface area contributed by atoms with E-state index in [2.05, 4.69) is 15.3 Å². The van der Waals surface area contributed by atoms with Gasteiger partial charge in [0.2, 0.25) is 0 Å².